The van der Waals surface area contributed by atoms with E-state index < -0.39 is 53.6 Å². The van der Waals surface area contributed by atoms with Gasteiger partial charge in [0.15, 0.2) is 0 Å². The molecule has 0 aromatic rings. The van der Waals surface area contributed by atoms with Crippen LogP contribution in [0.3, 0.4) is 0 Å². The molecule has 0 aromatic heterocycles. The van der Waals surface area contributed by atoms with Crippen LogP contribution < -0.4 is 0 Å². The van der Waals surface area contributed by atoms with Gasteiger partial charge in [0.2, 0.25) is 0 Å². The van der Waals surface area contributed by atoms with Gasteiger partial charge in [-0.3, -0.25) is 14.4 Å². The van der Waals surface area contributed by atoms with Gasteiger partial charge in [-0.15, -0.1) is 0 Å². The fourth-order valence-electron chi connectivity index (χ4n) is 3.45. The SMILES string of the molecule is C=C(C)C(=O)OCCOC(=O)C1C[C@H](C(=O)OCCOC(=O)C(=C)C)C[C@H](C(=O)OCCOC(=O)C(=C)C)C1. The standard InChI is InChI=1S/C27H36O12/c1-16(2)22(28)34-7-10-37-25(31)19-13-20(26(32)38-11-8-35-23(29)17(3)4)15-21(14-19)27(33)39-12-9-36-24(30)18(5)6/h19-21H,1,3,5,7-15H2,2,4,6H3. The lowest BCUT2D eigenvalue weighted by molar-refractivity contribution is -0.165. The summed E-state index contributed by atoms with van der Waals surface area (Å²) in [5, 5.41) is 0. The van der Waals surface area contributed by atoms with E-state index in [9.17, 15) is 28.8 Å². The van der Waals surface area contributed by atoms with E-state index in [1.54, 1.807) is 0 Å². The summed E-state index contributed by atoms with van der Waals surface area (Å²) < 4.78 is 30.2. The molecule has 1 aliphatic rings. The van der Waals surface area contributed by atoms with Crippen LogP contribution in [0.5, 0.6) is 0 Å². The zero-order valence-electron chi connectivity index (χ0n) is 22.6. The third-order valence-corrected chi connectivity index (χ3v) is 5.43. The van der Waals surface area contributed by atoms with Crippen molar-refractivity contribution in [2.75, 3.05) is 39.6 Å². The Morgan fingerprint density at radius 1 is 0.462 bits per heavy atom. The number of esters is 6. The molecule has 1 fully saturated rings. The average Bonchev–Trinajstić information content (AvgIpc) is 2.89. The first kappa shape index (κ1) is 33.1. The van der Waals surface area contributed by atoms with E-state index in [2.05, 4.69) is 19.7 Å². The highest BCUT2D eigenvalue weighted by Crippen LogP contribution is 2.35. The van der Waals surface area contributed by atoms with Crippen molar-refractivity contribution in [3.63, 3.8) is 0 Å². The molecular weight excluding hydrogens is 516 g/mol. The van der Waals surface area contributed by atoms with Crippen molar-refractivity contribution in [1.82, 2.24) is 0 Å². The van der Waals surface area contributed by atoms with E-state index in [4.69, 9.17) is 28.4 Å². The van der Waals surface area contributed by atoms with Gasteiger partial charge in [0.25, 0.3) is 0 Å². The van der Waals surface area contributed by atoms with Gasteiger partial charge in [-0.25, -0.2) is 14.4 Å². The van der Waals surface area contributed by atoms with Crippen molar-refractivity contribution in [3.8, 4) is 0 Å². The molecule has 39 heavy (non-hydrogen) atoms. The summed E-state index contributed by atoms with van der Waals surface area (Å²) in [6, 6.07) is 0. The lowest BCUT2D eigenvalue weighted by Gasteiger charge is -2.31. The van der Waals surface area contributed by atoms with Crippen LogP contribution in [-0.4, -0.2) is 75.5 Å². The van der Waals surface area contributed by atoms with E-state index in [1.165, 1.54) is 20.8 Å². The largest absolute Gasteiger partial charge is 0.462 e. The molecule has 0 aliphatic heterocycles. The van der Waals surface area contributed by atoms with Crippen molar-refractivity contribution in [1.29, 1.82) is 0 Å². The summed E-state index contributed by atoms with van der Waals surface area (Å²) >= 11 is 0. The average molecular weight is 553 g/mol. The molecule has 0 radical (unpaired) electrons. The minimum atomic E-state index is -0.840. The van der Waals surface area contributed by atoms with Gasteiger partial charge in [-0.2, -0.15) is 0 Å². The molecule has 0 N–H and O–H groups in total. The smallest absolute Gasteiger partial charge is 0.333 e. The quantitative estimate of drug-likeness (QED) is 0.126. The van der Waals surface area contributed by atoms with Gasteiger partial charge < -0.3 is 28.4 Å². The minimum Gasteiger partial charge on any atom is -0.462 e. The molecular formula is C27H36O12. The molecule has 12 heteroatoms. The Hall–Kier alpha value is -3.96. The second-order valence-corrected chi connectivity index (χ2v) is 9.05. The molecule has 0 amide bonds. The van der Waals surface area contributed by atoms with Crippen LogP contribution in [0.15, 0.2) is 36.5 Å². The second-order valence-electron chi connectivity index (χ2n) is 9.05. The second kappa shape index (κ2) is 16.8. The topological polar surface area (TPSA) is 158 Å². The van der Waals surface area contributed by atoms with Crippen LogP contribution in [-0.2, 0) is 57.2 Å². The Bertz CT molecular complexity index is 850. The summed E-state index contributed by atoms with van der Waals surface area (Å²) in [7, 11) is 0. The first-order chi connectivity index (χ1) is 18.3. The molecule has 0 bridgehead atoms. The maximum atomic E-state index is 12.7. The van der Waals surface area contributed by atoms with Crippen LogP contribution in [0.2, 0.25) is 0 Å². The van der Waals surface area contributed by atoms with Crippen LogP contribution >= 0.6 is 0 Å². The molecule has 0 saturated heterocycles. The third-order valence-electron chi connectivity index (χ3n) is 5.43. The summed E-state index contributed by atoms with van der Waals surface area (Å²) in [6.07, 6.45) is 0.151. The van der Waals surface area contributed by atoms with E-state index in [0.717, 1.165) is 0 Å². The number of carbonyl (C=O) groups is 6. The molecule has 0 unspecified atom stereocenters. The van der Waals surface area contributed by atoms with Gasteiger partial charge in [-0.05, 0) is 40.0 Å². The van der Waals surface area contributed by atoms with Gasteiger partial charge in [0.1, 0.15) is 39.6 Å². The van der Waals surface area contributed by atoms with Crippen molar-refractivity contribution in [2.45, 2.75) is 40.0 Å². The Labute approximate surface area is 227 Å². The summed E-state index contributed by atoms with van der Waals surface area (Å²) in [4.78, 5) is 72.4. The van der Waals surface area contributed by atoms with Gasteiger partial charge in [-0.1, -0.05) is 19.7 Å². The fourth-order valence-corrected chi connectivity index (χ4v) is 3.45. The molecule has 0 aromatic carbocycles. The van der Waals surface area contributed by atoms with Crippen LogP contribution in [0, 0.1) is 17.8 Å². The van der Waals surface area contributed by atoms with E-state index >= 15 is 0 Å². The molecule has 1 aliphatic carbocycles. The Morgan fingerprint density at radius 3 is 0.872 bits per heavy atom. The maximum absolute atomic E-state index is 12.7. The lowest BCUT2D eigenvalue weighted by atomic mass is 9.75. The van der Waals surface area contributed by atoms with Gasteiger partial charge >= 0.3 is 35.8 Å². The van der Waals surface area contributed by atoms with E-state index in [0.29, 0.717) is 0 Å². The zero-order valence-corrected chi connectivity index (χ0v) is 22.6. The third kappa shape index (κ3) is 12.4. The predicted octanol–water partition coefficient (Wildman–Crippen LogP) is 2.01. The fraction of sp³-hybridized carbons (Fsp3) is 0.556. The Morgan fingerprint density at radius 2 is 0.667 bits per heavy atom. The van der Waals surface area contributed by atoms with Gasteiger partial charge in [0, 0.05) is 16.7 Å². The van der Waals surface area contributed by atoms with Crippen molar-refractivity contribution >= 4 is 35.8 Å². The van der Waals surface area contributed by atoms with Crippen LogP contribution in [0.4, 0.5) is 0 Å². The summed E-state index contributed by atoms with van der Waals surface area (Å²) in [5.74, 6) is -6.44. The first-order valence-electron chi connectivity index (χ1n) is 12.3. The Kier molecular flexibility index (Phi) is 14.2. The summed E-state index contributed by atoms with van der Waals surface area (Å²) in [6.45, 7) is 13.6. The first-order valence-corrected chi connectivity index (χ1v) is 12.3. The molecule has 1 saturated carbocycles. The molecule has 0 heterocycles. The highest BCUT2D eigenvalue weighted by molar-refractivity contribution is 5.87. The monoisotopic (exact) mass is 552 g/mol. The zero-order chi connectivity index (χ0) is 29.5. The van der Waals surface area contributed by atoms with Crippen LogP contribution in [0.1, 0.15) is 40.0 Å². The van der Waals surface area contributed by atoms with Crippen LogP contribution in [0.25, 0.3) is 0 Å². The molecule has 1 rings (SSSR count). The van der Waals surface area contributed by atoms with Crippen molar-refractivity contribution < 1.29 is 57.2 Å². The normalized spacial score (nSPS) is 18.1. The van der Waals surface area contributed by atoms with Gasteiger partial charge in [0.05, 0.1) is 17.8 Å². The molecule has 216 valence electrons. The predicted molar refractivity (Wildman–Crippen MR) is 135 cm³/mol. The number of hydrogen-bond acceptors (Lipinski definition) is 12. The number of rotatable bonds is 15. The molecule has 0 spiro atoms. The molecule has 0 atom stereocenters. The Balaban J connectivity index is 2.74. The number of ether oxygens (including phenoxy) is 6. The van der Waals surface area contributed by atoms with Crippen molar-refractivity contribution in [3.05, 3.63) is 36.5 Å². The highest BCUT2D eigenvalue weighted by Gasteiger charge is 2.41. The highest BCUT2D eigenvalue weighted by atomic mass is 16.6. The lowest BCUT2D eigenvalue weighted by Crippen LogP contribution is -2.37. The van der Waals surface area contributed by atoms with E-state index in [1.807, 2.05) is 0 Å². The number of hydrogen-bond donors (Lipinski definition) is 0. The van der Waals surface area contributed by atoms with Crippen molar-refractivity contribution in [2.24, 2.45) is 17.8 Å². The maximum Gasteiger partial charge on any atom is 0.333 e. The van der Waals surface area contributed by atoms with E-state index in [-0.39, 0.29) is 75.6 Å². The number of carbonyl (C=O) groups excluding carboxylic acids is 6. The molecule has 12 nitrogen and oxygen atoms in total. The summed E-state index contributed by atoms with van der Waals surface area (Å²) in [5.41, 5.74) is 0.584. The minimum absolute atomic E-state index is 0.0504.